The van der Waals surface area contributed by atoms with Crippen LogP contribution in [0.4, 0.5) is 5.95 Å². The number of pyridine rings is 1. The van der Waals surface area contributed by atoms with Crippen LogP contribution in [0.3, 0.4) is 0 Å². The van der Waals surface area contributed by atoms with Crippen molar-refractivity contribution in [2.75, 3.05) is 12.4 Å². The van der Waals surface area contributed by atoms with Gasteiger partial charge in [0.05, 0.1) is 15.6 Å². The van der Waals surface area contributed by atoms with E-state index in [2.05, 4.69) is 15.3 Å². The van der Waals surface area contributed by atoms with Crippen LogP contribution < -0.4 is 15.7 Å². The third kappa shape index (κ3) is 3.77. The highest BCUT2D eigenvalue weighted by Crippen LogP contribution is 2.33. The van der Waals surface area contributed by atoms with E-state index in [1.807, 2.05) is 30.3 Å². The summed E-state index contributed by atoms with van der Waals surface area (Å²) in [7, 11) is 1.40. The molecule has 4 rings (SSSR count). The number of aromatic nitrogens is 3. The molecular weight excluding hydrogens is 411 g/mol. The van der Waals surface area contributed by atoms with E-state index in [0.29, 0.717) is 44.7 Å². The Morgan fingerprint density at radius 2 is 1.79 bits per heavy atom. The highest BCUT2D eigenvalue weighted by molar-refractivity contribution is 6.39. The van der Waals surface area contributed by atoms with Crippen LogP contribution in [0.5, 0.6) is 0 Å². The molecule has 1 N–H and O–H groups in total. The van der Waals surface area contributed by atoms with Gasteiger partial charge in [-0.05, 0) is 23.8 Å². The molecule has 2 aromatic carbocycles. The Morgan fingerprint density at radius 3 is 2.48 bits per heavy atom. The molecule has 0 bridgehead atoms. The molecule has 146 valence electrons. The SMILES string of the molecule is COn1c(=O)c(-c2c(Cl)cccc2Cl)cc2cnc(NCc3ccccc3)nc21. The van der Waals surface area contributed by atoms with E-state index in [1.165, 1.54) is 7.11 Å². The summed E-state index contributed by atoms with van der Waals surface area (Å²) in [6.45, 7) is 0.552. The maximum atomic E-state index is 13.0. The van der Waals surface area contributed by atoms with E-state index in [1.54, 1.807) is 30.5 Å². The Balaban J connectivity index is 1.79. The number of nitrogens with one attached hydrogen (secondary N) is 1. The summed E-state index contributed by atoms with van der Waals surface area (Å²) >= 11 is 12.6. The van der Waals surface area contributed by atoms with E-state index in [-0.39, 0.29) is 0 Å². The Morgan fingerprint density at radius 1 is 1.07 bits per heavy atom. The lowest BCUT2D eigenvalue weighted by molar-refractivity contribution is 0.168. The lowest BCUT2D eigenvalue weighted by Gasteiger charge is -2.13. The van der Waals surface area contributed by atoms with Gasteiger partial charge < -0.3 is 10.2 Å². The van der Waals surface area contributed by atoms with Gasteiger partial charge in [-0.15, -0.1) is 4.73 Å². The van der Waals surface area contributed by atoms with E-state index in [4.69, 9.17) is 28.0 Å². The Bertz CT molecular complexity index is 1220. The van der Waals surface area contributed by atoms with Crippen molar-refractivity contribution in [1.29, 1.82) is 0 Å². The summed E-state index contributed by atoms with van der Waals surface area (Å²) in [5.41, 5.74) is 1.77. The predicted octanol–water partition coefficient (Wildman–Crippen LogP) is 4.44. The fourth-order valence-electron chi connectivity index (χ4n) is 3.04. The summed E-state index contributed by atoms with van der Waals surface area (Å²) in [4.78, 5) is 27.2. The van der Waals surface area contributed by atoms with Gasteiger partial charge in [-0.1, -0.05) is 59.6 Å². The number of hydrogen-bond acceptors (Lipinski definition) is 5. The van der Waals surface area contributed by atoms with Crippen molar-refractivity contribution >= 4 is 40.2 Å². The number of nitrogens with zero attached hydrogens (tertiary/aromatic N) is 3. The summed E-state index contributed by atoms with van der Waals surface area (Å²) < 4.78 is 1.11. The van der Waals surface area contributed by atoms with Gasteiger partial charge in [0.15, 0.2) is 5.65 Å². The van der Waals surface area contributed by atoms with Gasteiger partial charge in [-0.3, -0.25) is 4.79 Å². The molecule has 0 spiro atoms. The molecule has 0 saturated carbocycles. The summed E-state index contributed by atoms with van der Waals surface area (Å²) in [6, 6.07) is 16.6. The van der Waals surface area contributed by atoms with Crippen LogP contribution >= 0.6 is 23.2 Å². The number of fused-ring (bicyclic) bond motifs is 1. The molecule has 0 atom stereocenters. The second-order valence-corrected chi connectivity index (χ2v) is 7.06. The van der Waals surface area contributed by atoms with E-state index in [0.717, 1.165) is 10.3 Å². The zero-order valence-electron chi connectivity index (χ0n) is 15.4. The van der Waals surface area contributed by atoms with Crippen LogP contribution in [0, 0.1) is 0 Å². The fraction of sp³-hybridized carbons (Fsp3) is 0.0952. The zero-order chi connectivity index (χ0) is 20.4. The minimum absolute atomic E-state index is 0.309. The third-order valence-electron chi connectivity index (χ3n) is 4.41. The van der Waals surface area contributed by atoms with Crippen LogP contribution in [0.2, 0.25) is 10.0 Å². The molecule has 8 heteroatoms. The minimum atomic E-state index is -0.414. The van der Waals surface area contributed by atoms with Crippen molar-refractivity contribution in [1.82, 2.24) is 14.7 Å². The first-order chi connectivity index (χ1) is 14.1. The summed E-state index contributed by atoms with van der Waals surface area (Å²) in [5, 5.41) is 4.51. The highest BCUT2D eigenvalue weighted by Gasteiger charge is 2.18. The molecule has 0 aliphatic rings. The fourth-order valence-corrected chi connectivity index (χ4v) is 3.64. The maximum absolute atomic E-state index is 13.0. The standard InChI is InChI=1S/C21H16Cl2N4O2/c1-29-27-19-14(10-15(20(27)28)18-16(22)8-5-9-17(18)23)12-25-21(26-19)24-11-13-6-3-2-4-7-13/h2-10,12H,11H2,1H3,(H,24,25,26). The third-order valence-corrected chi connectivity index (χ3v) is 5.04. The normalized spacial score (nSPS) is 10.9. The second kappa shape index (κ2) is 8.11. The zero-order valence-corrected chi connectivity index (χ0v) is 16.9. The quantitative estimate of drug-likeness (QED) is 0.510. The van der Waals surface area contributed by atoms with Gasteiger partial charge in [0.1, 0.15) is 7.11 Å². The Hall–Kier alpha value is -3.09. The molecule has 2 heterocycles. The molecule has 29 heavy (non-hydrogen) atoms. The van der Waals surface area contributed by atoms with Crippen molar-refractivity contribution in [3.63, 3.8) is 0 Å². The van der Waals surface area contributed by atoms with Crippen molar-refractivity contribution in [3.8, 4) is 11.1 Å². The molecule has 2 aromatic heterocycles. The van der Waals surface area contributed by atoms with E-state index in [9.17, 15) is 4.79 Å². The van der Waals surface area contributed by atoms with Crippen molar-refractivity contribution in [2.45, 2.75) is 6.54 Å². The molecule has 6 nitrogen and oxygen atoms in total. The Labute approximate surface area is 176 Å². The summed E-state index contributed by atoms with van der Waals surface area (Å²) in [5.74, 6) is 0.384. The average Bonchev–Trinajstić information content (AvgIpc) is 2.73. The number of halogens is 2. The predicted molar refractivity (Wildman–Crippen MR) is 116 cm³/mol. The van der Waals surface area contributed by atoms with Crippen molar-refractivity contribution in [3.05, 3.63) is 86.8 Å². The first-order valence-electron chi connectivity index (χ1n) is 8.78. The second-order valence-electron chi connectivity index (χ2n) is 6.25. The number of hydrogen-bond donors (Lipinski definition) is 1. The first-order valence-corrected chi connectivity index (χ1v) is 9.53. The average molecular weight is 427 g/mol. The van der Waals surface area contributed by atoms with E-state index < -0.39 is 5.56 Å². The van der Waals surface area contributed by atoms with Crippen LogP contribution in [0.1, 0.15) is 5.56 Å². The first kappa shape index (κ1) is 19.2. The highest BCUT2D eigenvalue weighted by atomic mass is 35.5. The number of anilines is 1. The maximum Gasteiger partial charge on any atom is 0.293 e. The van der Waals surface area contributed by atoms with Crippen molar-refractivity contribution in [2.24, 2.45) is 0 Å². The molecule has 4 aromatic rings. The lowest BCUT2D eigenvalue weighted by Crippen LogP contribution is -2.27. The molecule has 0 unspecified atom stereocenters. The smallest absolute Gasteiger partial charge is 0.293 e. The van der Waals surface area contributed by atoms with Gasteiger partial charge in [-0.2, -0.15) is 4.98 Å². The monoisotopic (exact) mass is 426 g/mol. The molecule has 0 aliphatic heterocycles. The molecule has 0 aliphatic carbocycles. The van der Waals surface area contributed by atoms with Gasteiger partial charge in [0.25, 0.3) is 5.56 Å². The van der Waals surface area contributed by atoms with E-state index >= 15 is 0 Å². The van der Waals surface area contributed by atoms with Crippen LogP contribution in [0.15, 0.2) is 65.6 Å². The van der Waals surface area contributed by atoms with Crippen LogP contribution in [-0.4, -0.2) is 21.8 Å². The van der Waals surface area contributed by atoms with Crippen LogP contribution in [-0.2, 0) is 6.54 Å². The molecule has 0 amide bonds. The molecule has 0 fully saturated rings. The number of benzene rings is 2. The topological polar surface area (TPSA) is 69.0 Å². The van der Waals surface area contributed by atoms with Crippen molar-refractivity contribution < 1.29 is 4.84 Å². The summed E-state index contributed by atoms with van der Waals surface area (Å²) in [6.07, 6.45) is 1.62. The van der Waals surface area contributed by atoms with Gasteiger partial charge in [0, 0.05) is 23.7 Å². The van der Waals surface area contributed by atoms with Gasteiger partial charge in [-0.25, -0.2) is 4.98 Å². The van der Waals surface area contributed by atoms with Gasteiger partial charge >= 0.3 is 0 Å². The molecular formula is C21H16Cl2N4O2. The molecule has 0 radical (unpaired) electrons. The van der Waals surface area contributed by atoms with Gasteiger partial charge in [0.2, 0.25) is 5.95 Å². The lowest BCUT2D eigenvalue weighted by atomic mass is 10.1. The molecule has 0 saturated heterocycles. The minimum Gasteiger partial charge on any atom is -0.412 e. The number of rotatable bonds is 5. The van der Waals surface area contributed by atoms with Crippen LogP contribution in [0.25, 0.3) is 22.2 Å². The Kier molecular flexibility index (Phi) is 5.38. The largest absolute Gasteiger partial charge is 0.412 e.